The molecule has 1 aromatic heterocycles. The van der Waals surface area contributed by atoms with Crippen LogP contribution in [0.2, 0.25) is 5.02 Å². The van der Waals surface area contributed by atoms with Gasteiger partial charge in [0, 0.05) is 11.7 Å². The lowest BCUT2D eigenvalue weighted by atomic mass is 10.2. The highest BCUT2D eigenvalue weighted by Gasteiger charge is 2.15. The number of amides is 1. The van der Waals surface area contributed by atoms with E-state index >= 15 is 0 Å². The first kappa shape index (κ1) is 17.7. The van der Waals surface area contributed by atoms with Gasteiger partial charge in [-0.1, -0.05) is 23.7 Å². The number of halogens is 1. The second-order valence-electron chi connectivity index (χ2n) is 5.50. The average molecular weight is 395 g/mol. The molecule has 0 bridgehead atoms. The maximum atomic E-state index is 12.4. The Balaban J connectivity index is 1.91. The number of carbonyl (C=O) groups is 1. The van der Waals surface area contributed by atoms with Gasteiger partial charge in [0.2, 0.25) is 10.0 Å². The molecule has 0 atom stereocenters. The number of nitrogens with one attached hydrogen (secondary N) is 1. The number of thiophene rings is 1. The Kier molecular flexibility index (Phi) is 4.73. The van der Waals surface area contributed by atoms with Gasteiger partial charge in [-0.15, -0.1) is 11.3 Å². The number of hydrogen-bond donors (Lipinski definition) is 1. The van der Waals surface area contributed by atoms with Gasteiger partial charge in [-0.25, -0.2) is 8.42 Å². The van der Waals surface area contributed by atoms with Gasteiger partial charge in [0.1, 0.15) is 0 Å². The van der Waals surface area contributed by atoms with Gasteiger partial charge in [-0.3, -0.25) is 9.10 Å². The third-order valence-corrected chi connectivity index (χ3v) is 6.36. The predicted molar refractivity (Wildman–Crippen MR) is 104 cm³/mol. The number of benzene rings is 2. The zero-order valence-electron chi connectivity index (χ0n) is 13.5. The lowest BCUT2D eigenvalue weighted by Crippen LogP contribution is -2.24. The number of nitrogens with zero attached hydrogens (tertiary/aromatic N) is 1. The van der Waals surface area contributed by atoms with Crippen molar-refractivity contribution in [3.63, 3.8) is 0 Å². The Morgan fingerprint density at radius 1 is 1.16 bits per heavy atom. The zero-order valence-corrected chi connectivity index (χ0v) is 15.9. The first-order valence-corrected chi connectivity index (χ1v) is 10.3. The quantitative estimate of drug-likeness (QED) is 0.721. The second-order valence-corrected chi connectivity index (χ2v) is 9.00. The molecular weight excluding hydrogens is 380 g/mol. The third-order valence-electron chi connectivity index (χ3n) is 3.71. The van der Waals surface area contributed by atoms with Crippen molar-refractivity contribution < 1.29 is 13.2 Å². The average Bonchev–Trinajstić information content (AvgIpc) is 2.98. The second kappa shape index (κ2) is 6.67. The van der Waals surface area contributed by atoms with E-state index in [0.29, 0.717) is 21.3 Å². The van der Waals surface area contributed by atoms with Gasteiger partial charge in [-0.05, 0) is 41.8 Å². The van der Waals surface area contributed by atoms with Crippen LogP contribution in [0.5, 0.6) is 0 Å². The van der Waals surface area contributed by atoms with Crippen LogP contribution in [0.4, 0.5) is 11.4 Å². The monoisotopic (exact) mass is 394 g/mol. The first-order chi connectivity index (χ1) is 11.8. The van der Waals surface area contributed by atoms with E-state index in [0.717, 1.165) is 16.3 Å². The number of para-hydroxylation sites is 1. The molecule has 3 rings (SSSR count). The molecular formula is C17H15ClN2O3S2. The Labute approximate surface area is 154 Å². The Morgan fingerprint density at radius 3 is 2.56 bits per heavy atom. The van der Waals surface area contributed by atoms with Crippen molar-refractivity contribution in [1.82, 2.24) is 0 Å². The standard InChI is InChI=1S/C17H15ClN2O3S2/c1-20(25(2,22)23)12-7-8-15-11(9-12)10-16(24-15)17(21)19-14-6-4-3-5-13(14)18/h3-10H,1-2H3,(H,19,21). The molecule has 0 radical (unpaired) electrons. The van der Waals surface area contributed by atoms with Crippen LogP contribution in [0.1, 0.15) is 9.67 Å². The minimum Gasteiger partial charge on any atom is -0.320 e. The van der Waals surface area contributed by atoms with Crippen LogP contribution in [0, 0.1) is 0 Å². The van der Waals surface area contributed by atoms with E-state index in [9.17, 15) is 13.2 Å². The largest absolute Gasteiger partial charge is 0.320 e. The lowest BCUT2D eigenvalue weighted by molar-refractivity contribution is 0.103. The van der Waals surface area contributed by atoms with E-state index in [4.69, 9.17) is 11.6 Å². The molecule has 130 valence electrons. The zero-order chi connectivity index (χ0) is 18.2. The SMILES string of the molecule is CN(c1ccc2sc(C(=O)Nc3ccccc3Cl)cc2c1)S(C)(=O)=O. The molecule has 25 heavy (non-hydrogen) atoms. The summed E-state index contributed by atoms with van der Waals surface area (Å²) in [5, 5.41) is 4.06. The summed E-state index contributed by atoms with van der Waals surface area (Å²) < 4.78 is 25.4. The van der Waals surface area contributed by atoms with E-state index in [1.165, 1.54) is 22.7 Å². The normalized spacial score (nSPS) is 11.5. The predicted octanol–water partition coefficient (Wildman–Crippen LogP) is 4.20. The highest BCUT2D eigenvalue weighted by atomic mass is 35.5. The van der Waals surface area contributed by atoms with Crippen molar-refractivity contribution >= 4 is 60.3 Å². The van der Waals surface area contributed by atoms with Crippen LogP contribution in [0.3, 0.4) is 0 Å². The summed E-state index contributed by atoms with van der Waals surface area (Å²) in [4.78, 5) is 13.0. The molecule has 8 heteroatoms. The summed E-state index contributed by atoms with van der Waals surface area (Å²) in [5.74, 6) is -0.257. The minimum atomic E-state index is -3.34. The summed E-state index contributed by atoms with van der Waals surface area (Å²) >= 11 is 7.39. The Bertz CT molecular complexity index is 1060. The van der Waals surface area contributed by atoms with Crippen molar-refractivity contribution in [3.05, 3.63) is 58.4 Å². The van der Waals surface area contributed by atoms with Crippen LogP contribution < -0.4 is 9.62 Å². The number of anilines is 2. The van der Waals surface area contributed by atoms with Crippen molar-refractivity contribution in [2.24, 2.45) is 0 Å². The number of hydrogen-bond acceptors (Lipinski definition) is 4. The molecule has 1 heterocycles. The molecule has 0 saturated carbocycles. The first-order valence-electron chi connectivity index (χ1n) is 7.29. The van der Waals surface area contributed by atoms with Gasteiger partial charge in [0.25, 0.3) is 5.91 Å². The summed E-state index contributed by atoms with van der Waals surface area (Å²) in [6.07, 6.45) is 1.15. The summed E-state index contributed by atoms with van der Waals surface area (Å²) in [6, 6.07) is 14.0. The molecule has 3 aromatic rings. The molecule has 0 spiro atoms. The molecule has 0 aliphatic heterocycles. The maximum absolute atomic E-state index is 12.4. The van der Waals surface area contributed by atoms with Gasteiger partial charge in [-0.2, -0.15) is 0 Å². The van der Waals surface area contributed by atoms with Crippen LogP contribution >= 0.6 is 22.9 Å². The minimum absolute atomic E-state index is 0.257. The number of rotatable bonds is 4. The molecule has 0 saturated heterocycles. The fourth-order valence-electron chi connectivity index (χ4n) is 2.28. The van der Waals surface area contributed by atoms with Crippen LogP contribution in [0.15, 0.2) is 48.5 Å². The highest BCUT2D eigenvalue weighted by Crippen LogP contribution is 2.31. The van der Waals surface area contributed by atoms with Crippen molar-refractivity contribution in [2.75, 3.05) is 22.9 Å². The summed E-state index contributed by atoms with van der Waals surface area (Å²) in [7, 11) is -1.84. The van der Waals surface area contributed by atoms with Crippen LogP contribution in [-0.2, 0) is 10.0 Å². The van der Waals surface area contributed by atoms with Crippen molar-refractivity contribution in [2.45, 2.75) is 0 Å². The van der Waals surface area contributed by atoms with E-state index in [1.807, 2.05) is 6.07 Å². The topological polar surface area (TPSA) is 66.5 Å². The Hall–Kier alpha value is -2.09. The Morgan fingerprint density at radius 2 is 1.88 bits per heavy atom. The fraction of sp³-hybridized carbons (Fsp3) is 0.118. The smallest absolute Gasteiger partial charge is 0.265 e. The maximum Gasteiger partial charge on any atom is 0.265 e. The summed E-state index contributed by atoms with van der Waals surface area (Å²) in [6.45, 7) is 0. The molecule has 2 aromatic carbocycles. The molecule has 1 N–H and O–H groups in total. The number of carbonyl (C=O) groups excluding carboxylic acids is 1. The number of sulfonamides is 1. The molecule has 0 aliphatic rings. The lowest BCUT2D eigenvalue weighted by Gasteiger charge is -2.16. The molecule has 1 amide bonds. The molecule has 0 aliphatic carbocycles. The third kappa shape index (κ3) is 3.78. The van der Waals surface area contributed by atoms with Gasteiger partial charge in [0.15, 0.2) is 0 Å². The van der Waals surface area contributed by atoms with Crippen molar-refractivity contribution in [3.8, 4) is 0 Å². The molecule has 0 fully saturated rings. The van der Waals surface area contributed by atoms with Gasteiger partial charge >= 0.3 is 0 Å². The molecule has 5 nitrogen and oxygen atoms in total. The van der Waals surface area contributed by atoms with Crippen LogP contribution in [0.25, 0.3) is 10.1 Å². The van der Waals surface area contributed by atoms with E-state index in [-0.39, 0.29) is 5.91 Å². The van der Waals surface area contributed by atoms with E-state index < -0.39 is 10.0 Å². The van der Waals surface area contributed by atoms with Crippen molar-refractivity contribution in [1.29, 1.82) is 0 Å². The van der Waals surface area contributed by atoms with E-state index in [2.05, 4.69) is 5.32 Å². The van der Waals surface area contributed by atoms with E-state index in [1.54, 1.807) is 42.5 Å². The summed E-state index contributed by atoms with van der Waals surface area (Å²) in [5.41, 5.74) is 1.09. The van der Waals surface area contributed by atoms with Gasteiger partial charge < -0.3 is 5.32 Å². The number of fused-ring (bicyclic) bond motifs is 1. The highest BCUT2D eigenvalue weighted by molar-refractivity contribution is 7.92. The van der Waals surface area contributed by atoms with Gasteiger partial charge in [0.05, 0.1) is 27.5 Å². The fourth-order valence-corrected chi connectivity index (χ4v) is 3.89. The van der Waals surface area contributed by atoms with Crippen LogP contribution in [-0.4, -0.2) is 27.6 Å². The molecule has 0 unspecified atom stereocenters.